The van der Waals surface area contributed by atoms with E-state index in [1.54, 1.807) is 0 Å². The van der Waals surface area contributed by atoms with E-state index in [0.29, 0.717) is 0 Å². The molecule has 1 aromatic rings. The van der Waals surface area contributed by atoms with Crippen molar-refractivity contribution in [2.45, 2.75) is 26.0 Å². The third-order valence-electron chi connectivity index (χ3n) is 2.64. The molecule has 1 heterocycles. The minimum atomic E-state index is -4.96. The zero-order valence-electron chi connectivity index (χ0n) is 11.9. The fourth-order valence-corrected chi connectivity index (χ4v) is 2.01. The number of esters is 2. The Labute approximate surface area is 133 Å². The number of rotatable bonds is 2. The molecule has 0 unspecified atom stereocenters. The summed E-state index contributed by atoms with van der Waals surface area (Å²) < 4.78 is 50.8. The molecule has 0 N–H and O–H groups in total. The second kappa shape index (κ2) is 5.77. The van der Waals surface area contributed by atoms with Gasteiger partial charge < -0.3 is 14.2 Å². The molecule has 1 aliphatic heterocycles. The fourth-order valence-electron chi connectivity index (χ4n) is 1.79. The van der Waals surface area contributed by atoms with E-state index in [-0.39, 0.29) is 10.6 Å². The molecule has 0 atom stereocenters. The maximum Gasteiger partial charge on any atom is 0.573 e. The first-order valence-electron chi connectivity index (χ1n) is 6.21. The lowest BCUT2D eigenvalue weighted by Gasteiger charge is -2.29. The molecule has 0 radical (unpaired) electrons. The predicted molar refractivity (Wildman–Crippen MR) is 72.4 cm³/mol. The Kier molecular flexibility index (Phi) is 4.30. The highest BCUT2D eigenvalue weighted by molar-refractivity contribution is 6.33. The SMILES string of the molecule is CC1(C)OC(=O)C(=Cc2c(Cl)cccc2OC(F)(F)F)C(=O)O1. The van der Waals surface area contributed by atoms with E-state index in [9.17, 15) is 22.8 Å². The van der Waals surface area contributed by atoms with Gasteiger partial charge in [-0.2, -0.15) is 0 Å². The van der Waals surface area contributed by atoms with Crippen molar-refractivity contribution in [3.8, 4) is 5.75 Å². The average molecular weight is 351 g/mol. The zero-order valence-corrected chi connectivity index (χ0v) is 12.6. The van der Waals surface area contributed by atoms with Crippen LogP contribution in [0.3, 0.4) is 0 Å². The van der Waals surface area contributed by atoms with E-state index in [4.69, 9.17) is 21.1 Å². The Morgan fingerprint density at radius 1 is 1.17 bits per heavy atom. The van der Waals surface area contributed by atoms with E-state index in [2.05, 4.69) is 4.74 Å². The maximum atomic E-state index is 12.4. The molecule has 2 rings (SSSR count). The number of carbonyl (C=O) groups excluding carboxylic acids is 2. The van der Waals surface area contributed by atoms with Crippen molar-refractivity contribution in [1.82, 2.24) is 0 Å². The topological polar surface area (TPSA) is 61.8 Å². The number of hydrogen-bond donors (Lipinski definition) is 0. The Bertz CT molecular complexity index is 672. The normalized spacial score (nSPS) is 17.4. The van der Waals surface area contributed by atoms with Crippen LogP contribution in [0.2, 0.25) is 5.02 Å². The molecule has 0 saturated carbocycles. The van der Waals surface area contributed by atoms with Gasteiger partial charge in [0.1, 0.15) is 11.3 Å². The number of alkyl halides is 3. The first-order chi connectivity index (χ1) is 10.5. The lowest BCUT2D eigenvalue weighted by Crippen LogP contribution is -2.41. The van der Waals surface area contributed by atoms with Gasteiger partial charge in [0, 0.05) is 19.4 Å². The van der Waals surface area contributed by atoms with Crippen molar-refractivity contribution in [2.75, 3.05) is 0 Å². The van der Waals surface area contributed by atoms with E-state index in [1.807, 2.05) is 0 Å². The van der Waals surface area contributed by atoms with E-state index in [0.717, 1.165) is 12.1 Å². The molecule has 0 aromatic heterocycles. The summed E-state index contributed by atoms with van der Waals surface area (Å²) in [4.78, 5) is 23.7. The van der Waals surface area contributed by atoms with Crippen LogP contribution in [0.25, 0.3) is 6.08 Å². The highest BCUT2D eigenvalue weighted by Gasteiger charge is 2.39. The van der Waals surface area contributed by atoms with Crippen LogP contribution in [-0.4, -0.2) is 24.1 Å². The van der Waals surface area contributed by atoms with Gasteiger partial charge in [0.15, 0.2) is 0 Å². The van der Waals surface area contributed by atoms with Crippen LogP contribution < -0.4 is 4.74 Å². The summed E-state index contributed by atoms with van der Waals surface area (Å²) in [5.41, 5.74) is -0.889. The van der Waals surface area contributed by atoms with Crippen molar-refractivity contribution in [3.63, 3.8) is 0 Å². The summed E-state index contributed by atoms with van der Waals surface area (Å²) in [5, 5.41) is -0.148. The highest BCUT2D eigenvalue weighted by atomic mass is 35.5. The van der Waals surface area contributed by atoms with Gasteiger partial charge >= 0.3 is 18.3 Å². The monoisotopic (exact) mass is 350 g/mol. The lowest BCUT2D eigenvalue weighted by molar-refractivity contribution is -0.274. The quantitative estimate of drug-likeness (QED) is 0.464. The lowest BCUT2D eigenvalue weighted by atomic mass is 10.1. The molecule has 0 aliphatic carbocycles. The highest BCUT2D eigenvalue weighted by Crippen LogP contribution is 2.34. The van der Waals surface area contributed by atoms with Crippen molar-refractivity contribution in [3.05, 3.63) is 34.4 Å². The Hall–Kier alpha value is -2.22. The van der Waals surface area contributed by atoms with E-state index < -0.39 is 35.4 Å². The molecule has 0 bridgehead atoms. The summed E-state index contributed by atoms with van der Waals surface area (Å²) in [5.74, 6) is -4.20. The summed E-state index contributed by atoms with van der Waals surface area (Å²) >= 11 is 5.83. The first-order valence-corrected chi connectivity index (χ1v) is 6.59. The van der Waals surface area contributed by atoms with Gasteiger partial charge in [0.25, 0.3) is 5.79 Å². The Balaban J connectivity index is 2.47. The predicted octanol–water partition coefficient (Wildman–Crippen LogP) is 3.46. The van der Waals surface area contributed by atoms with Crippen LogP contribution in [0.5, 0.6) is 5.75 Å². The molecule has 124 valence electrons. The molecule has 0 amide bonds. The summed E-state index contributed by atoms with van der Waals surface area (Å²) in [7, 11) is 0. The Morgan fingerprint density at radius 2 is 1.74 bits per heavy atom. The van der Waals surface area contributed by atoms with Crippen LogP contribution in [0.1, 0.15) is 19.4 Å². The number of ether oxygens (including phenoxy) is 3. The van der Waals surface area contributed by atoms with Crippen LogP contribution in [-0.2, 0) is 19.1 Å². The van der Waals surface area contributed by atoms with Gasteiger partial charge in [0.2, 0.25) is 0 Å². The molecule has 1 aromatic carbocycles. The van der Waals surface area contributed by atoms with Crippen molar-refractivity contribution < 1.29 is 37.0 Å². The van der Waals surface area contributed by atoms with Gasteiger partial charge in [-0.15, -0.1) is 13.2 Å². The average Bonchev–Trinajstić information content (AvgIpc) is 2.33. The fraction of sp³-hybridized carbons (Fsp3) is 0.286. The van der Waals surface area contributed by atoms with Crippen molar-refractivity contribution in [1.29, 1.82) is 0 Å². The van der Waals surface area contributed by atoms with Crippen LogP contribution in [0, 0.1) is 0 Å². The third kappa shape index (κ3) is 4.16. The molecule has 23 heavy (non-hydrogen) atoms. The summed E-state index contributed by atoms with van der Waals surface area (Å²) in [6.45, 7) is 2.68. The molecule has 0 spiro atoms. The van der Waals surface area contributed by atoms with Gasteiger partial charge in [0.05, 0.1) is 5.02 Å². The standard InChI is InChI=1S/C14H10ClF3O5/c1-13(2)22-11(19)8(12(20)23-13)6-7-9(15)4-3-5-10(7)21-14(16,17)18/h3-6H,1-2H3. The second-order valence-electron chi connectivity index (χ2n) is 4.94. The Morgan fingerprint density at radius 3 is 2.26 bits per heavy atom. The molecular formula is C14H10ClF3O5. The van der Waals surface area contributed by atoms with E-state index in [1.165, 1.54) is 26.0 Å². The van der Waals surface area contributed by atoms with E-state index >= 15 is 0 Å². The van der Waals surface area contributed by atoms with Crippen LogP contribution in [0.4, 0.5) is 13.2 Å². The van der Waals surface area contributed by atoms with Crippen LogP contribution in [0.15, 0.2) is 23.8 Å². The largest absolute Gasteiger partial charge is 0.573 e. The van der Waals surface area contributed by atoms with Crippen molar-refractivity contribution >= 4 is 29.6 Å². The minimum Gasteiger partial charge on any atom is -0.419 e. The molecule has 5 nitrogen and oxygen atoms in total. The number of halogens is 4. The second-order valence-corrected chi connectivity index (χ2v) is 5.34. The summed E-state index contributed by atoms with van der Waals surface area (Å²) in [6.07, 6.45) is -4.13. The third-order valence-corrected chi connectivity index (χ3v) is 2.97. The number of carbonyl (C=O) groups is 2. The van der Waals surface area contributed by atoms with Gasteiger partial charge in [-0.3, -0.25) is 0 Å². The number of cyclic esters (lactones) is 2. The first kappa shape index (κ1) is 17.1. The van der Waals surface area contributed by atoms with Crippen molar-refractivity contribution in [2.24, 2.45) is 0 Å². The van der Waals surface area contributed by atoms with Gasteiger partial charge in [-0.1, -0.05) is 17.7 Å². The molecule has 1 fully saturated rings. The molecule has 9 heteroatoms. The molecular weight excluding hydrogens is 341 g/mol. The minimum absolute atomic E-state index is 0.148. The zero-order chi connectivity index (χ0) is 17.4. The summed E-state index contributed by atoms with van der Waals surface area (Å²) in [6, 6.07) is 3.50. The molecule has 1 saturated heterocycles. The van der Waals surface area contributed by atoms with Gasteiger partial charge in [-0.05, 0) is 18.2 Å². The molecule has 1 aliphatic rings. The smallest absolute Gasteiger partial charge is 0.419 e. The number of hydrogen-bond acceptors (Lipinski definition) is 5. The maximum absolute atomic E-state index is 12.4. The van der Waals surface area contributed by atoms with Gasteiger partial charge in [-0.25, -0.2) is 9.59 Å². The number of benzene rings is 1. The van der Waals surface area contributed by atoms with Crippen LogP contribution >= 0.6 is 11.6 Å².